The molecule has 8 nitrogen and oxygen atoms in total. The molecule has 33 heavy (non-hydrogen) atoms. The zero-order chi connectivity index (χ0) is 23.7. The molecular weight excluding hydrogens is 416 g/mol. The van der Waals surface area contributed by atoms with E-state index in [0.29, 0.717) is 30.5 Å². The van der Waals surface area contributed by atoms with Gasteiger partial charge in [0.25, 0.3) is 0 Å². The molecule has 172 valence electrons. The van der Waals surface area contributed by atoms with Gasteiger partial charge in [-0.2, -0.15) is 5.10 Å². The number of nitrogens with zero attached hydrogens (tertiary/aromatic N) is 6. The molecule has 2 N–H and O–H groups in total. The lowest BCUT2D eigenvalue weighted by molar-refractivity contribution is 0.221. The van der Waals surface area contributed by atoms with E-state index in [1.165, 1.54) is 6.07 Å². The topological polar surface area (TPSA) is 89.5 Å². The van der Waals surface area contributed by atoms with E-state index in [2.05, 4.69) is 40.5 Å². The minimum Gasteiger partial charge on any atom is -0.508 e. The normalized spacial score (nSPS) is 14.9. The molecule has 2 heterocycles. The van der Waals surface area contributed by atoms with Crippen molar-refractivity contribution in [1.29, 1.82) is 0 Å². The van der Waals surface area contributed by atoms with Crippen LogP contribution < -0.4 is 4.90 Å². The summed E-state index contributed by atoms with van der Waals surface area (Å²) in [7, 11) is 1.87. The predicted octanol–water partition coefficient (Wildman–Crippen LogP) is 4.67. The summed E-state index contributed by atoms with van der Waals surface area (Å²) in [5.74, 6) is 0.127. The first-order valence-electron chi connectivity index (χ1n) is 11.0. The van der Waals surface area contributed by atoms with Crippen LogP contribution in [0.4, 0.5) is 22.7 Å². The fraction of sp³-hybridized carbons (Fsp3) is 0.320. The third-order valence-corrected chi connectivity index (χ3v) is 6.03. The number of anilines is 2. The Labute approximate surface area is 194 Å². The van der Waals surface area contributed by atoms with Crippen molar-refractivity contribution in [2.24, 2.45) is 17.0 Å². The average Bonchev–Trinajstić information content (AvgIpc) is 3.11. The fourth-order valence-corrected chi connectivity index (χ4v) is 4.13. The van der Waals surface area contributed by atoms with Gasteiger partial charge in [0.2, 0.25) is 0 Å². The van der Waals surface area contributed by atoms with Gasteiger partial charge in [-0.3, -0.25) is 19.6 Å². The molecule has 0 spiro atoms. The number of aliphatic imine (C=N–C) groups is 2. The van der Waals surface area contributed by atoms with Crippen LogP contribution in [0, 0.1) is 0 Å². The number of hydrogen-bond donors (Lipinski definition) is 2. The van der Waals surface area contributed by atoms with Crippen molar-refractivity contribution in [2.45, 2.75) is 33.4 Å². The second kappa shape index (κ2) is 9.07. The summed E-state index contributed by atoms with van der Waals surface area (Å²) in [6.45, 7) is 12.0. The minimum atomic E-state index is 0.0318. The molecule has 0 unspecified atom stereocenters. The van der Waals surface area contributed by atoms with Crippen LogP contribution in [0.25, 0.3) is 0 Å². The Kier molecular flexibility index (Phi) is 6.20. The van der Waals surface area contributed by atoms with Gasteiger partial charge in [0, 0.05) is 73.6 Å². The largest absolute Gasteiger partial charge is 0.508 e. The third-order valence-electron chi connectivity index (χ3n) is 6.03. The summed E-state index contributed by atoms with van der Waals surface area (Å²) in [5, 5.41) is 25.1. The Balaban J connectivity index is 1.80. The van der Waals surface area contributed by atoms with Crippen molar-refractivity contribution in [2.75, 3.05) is 18.0 Å². The Hall–Kier alpha value is -3.65. The van der Waals surface area contributed by atoms with Gasteiger partial charge < -0.3 is 15.1 Å². The maximum atomic E-state index is 10.6. The molecule has 0 amide bonds. The molecule has 0 aliphatic carbocycles. The first-order chi connectivity index (χ1) is 15.8. The average molecular weight is 447 g/mol. The third kappa shape index (κ3) is 4.61. The number of hydrogen-bond acceptors (Lipinski definition) is 7. The molecule has 0 radical (unpaired) electrons. The first kappa shape index (κ1) is 22.5. The molecular formula is C25H30N6O2. The lowest BCUT2D eigenvalue weighted by Crippen LogP contribution is -2.34. The van der Waals surface area contributed by atoms with Gasteiger partial charge in [0.05, 0.1) is 23.3 Å². The van der Waals surface area contributed by atoms with Crippen molar-refractivity contribution in [3.05, 3.63) is 53.9 Å². The van der Waals surface area contributed by atoms with Gasteiger partial charge in [0.15, 0.2) is 0 Å². The lowest BCUT2D eigenvalue weighted by Gasteiger charge is -2.26. The van der Waals surface area contributed by atoms with Crippen LogP contribution in [0.5, 0.6) is 11.5 Å². The quantitative estimate of drug-likeness (QED) is 0.556. The molecule has 0 fully saturated rings. The molecule has 0 saturated heterocycles. The van der Waals surface area contributed by atoms with E-state index in [1.54, 1.807) is 16.9 Å². The zero-order valence-corrected chi connectivity index (χ0v) is 19.5. The van der Waals surface area contributed by atoms with Crippen LogP contribution in [-0.2, 0) is 13.6 Å². The molecule has 2 aromatic carbocycles. The van der Waals surface area contributed by atoms with Crippen LogP contribution in [0.3, 0.4) is 0 Å². The monoisotopic (exact) mass is 446 g/mol. The van der Waals surface area contributed by atoms with E-state index in [4.69, 9.17) is 4.99 Å². The predicted molar refractivity (Wildman–Crippen MR) is 133 cm³/mol. The van der Waals surface area contributed by atoms with Crippen LogP contribution in [-0.4, -0.2) is 56.5 Å². The van der Waals surface area contributed by atoms with Crippen LogP contribution in [0.15, 0.2) is 52.7 Å². The van der Waals surface area contributed by atoms with Crippen molar-refractivity contribution in [3.63, 3.8) is 0 Å². The second-order valence-corrected chi connectivity index (χ2v) is 8.61. The van der Waals surface area contributed by atoms with E-state index in [1.807, 2.05) is 38.4 Å². The van der Waals surface area contributed by atoms with E-state index in [9.17, 15) is 10.2 Å². The van der Waals surface area contributed by atoms with Gasteiger partial charge in [-0.15, -0.1) is 0 Å². The Morgan fingerprint density at radius 1 is 1.12 bits per heavy atom. The highest BCUT2D eigenvalue weighted by atomic mass is 16.3. The van der Waals surface area contributed by atoms with Crippen LogP contribution in [0.2, 0.25) is 0 Å². The molecule has 3 aromatic rings. The smallest absolute Gasteiger partial charge is 0.125 e. The molecule has 1 aromatic heterocycles. The first-order valence-corrected chi connectivity index (χ1v) is 11.0. The number of fused-ring (bicyclic) bond motifs is 1. The maximum absolute atomic E-state index is 10.6. The summed E-state index contributed by atoms with van der Waals surface area (Å²) in [6.07, 6.45) is 3.70. The van der Waals surface area contributed by atoms with Gasteiger partial charge in [0.1, 0.15) is 11.5 Å². The van der Waals surface area contributed by atoms with Gasteiger partial charge in [-0.05, 0) is 45.7 Å². The molecule has 1 aliphatic heterocycles. The molecule has 4 rings (SSSR count). The van der Waals surface area contributed by atoms with E-state index >= 15 is 0 Å². The second-order valence-electron chi connectivity index (χ2n) is 8.61. The van der Waals surface area contributed by atoms with E-state index in [0.717, 1.165) is 34.8 Å². The number of phenolic OH excluding ortho intramolecular Hbond substituents is 2. The summed E-state index contributed by atoms with van der Waals surface area (Å²) in [6, 6.07) is 9.27. The number of phenols is 2. The fourth-order valence-electron chi connectivity index (χ4n) is 4.13. The summed E-state index contributed by atoms with van der Waals surface area (Å²) < 4.78 is 1.74. The van der Waals surface area contributed by atoms with Crippen molar-refractivity contribution in [3.8, 4) is 11.5 Å². The molecule has 0 saturated carbocycles. The standard InChI is InChI=1S/C25H30N6O2/c1-16(2)30-8-9-31(24-11-20(32)12-25(33)21(24)15-30)19-6-7-22(26-4)23(10-19)28-17(3)18-13-27-29(5)14-18/h6-7,10-14,16,32-33H,4,8-9,15H2,1-3,5H3. The van der Waals surface area contributed by atoms with Crippen molar-refractivity contribution >= 4 is 35.2 Å². The molecule has 8 heteroatoms. The van der Waals surface area contributed by atoms with E-state index < -0.39 is 0 Å². The van der Waals surface area contributed by atoms with Gasteiger partial charge in [-0.1, -0.05) is 0 Å². The highest BCUT2D eigenvalue weighted by Crippen LogP contribution is 2.42. The van der Waals surface area contributed by atoms with Crippen molar-refractivity contribution in [1.82, 2.24) is 14.7 Å². The SMILES string of the molecule is C=Nc1ccc(N2CCN(C(C)C)Cc3c(O)cc(O)cc32)cc1N=C(C)c1cnn(C)c1. The summed E-state index contributed by atoms with van der Waals surface area (Å²) in [4.78, 5) is 13.4. The summed E-state index contributed by atoms with van der Waals surface area (Å²) >= 11 is 0. The van der Waals surface area contributed by atoms with E-state index in [-0.39, 0.29) is 11.5 Å². The number of aryl methyl sites for hydroxylation is 1. The Morgan fingerprint density at radius 3 is 2.58 bits per heavy atom. The number of aromatic hydroxyl groups is 2. The minimum absolute atomic E-state index is 0.0318. The molecule has 1 aliphatic rings. The number of benzene rings is 2. The molecule has 0 atom stereocenters. The highest BCUT2D eigenvalue weighted by Gasteiger charge is 2.26. The lowest BCUT2D eigenvalue weighted by atomic mass is 10.1. The Bertz CT molecular complexity index is 1210. The molecule has 0 bridgehead atoms. The maximum Gasteiger partial charge on any atom is 0.125 e. The van der Waals surface area contributed by atoms with Crippen molar-refractivity contribution < 1.29 is 10.2 Å². The zero-order valence-electron chi connectivity index (χ0n) is 19.5. The number of rotatable bonds is 5. The van der Waals surface area contributed by atoms with Gasteiger partial charge >= 0.3 is 0 Å². The summed E-state index contributed by atoms with van der Waals surface area (Å²) in [5.41, 5.74) is 5.61. The number of aromatic nitrogens is 2. The van der Waals surface area contributed by atoms with Crippen LogP contribution >= 0.6 is 0 Å². The van der Waals surface area contributed by atoms with Gasteiger partial charge in [-0.25, -0.2) is 0 Å². The van der Waals surface area contributed by atoms with Crippen LogP contribution in [0.1, 0.15) is 31.9 Å². The highest BCUT2D eigenvalue weighted by molar-refractivity contribution is 6.00. The Morgan fingerprint density at radius 2 is 1.91 bits per heavy atom.